The summed E-state index contributed by atoms with van der Waals surface area (Å²) in [4.78, 5) is 31.7. The summed E-state index contributed by atoms with van der Waals surface area (Å²) in [5, 5.41) is 8.95. The van der Waals surface area contributed by atoms with E-state index in [2.05, 4.69) is 11.0 Å². The summed E-state index contributed by atoms with van der Waals surface area (Å²) < 4.78 is 0. The molecule has 2 saturated heterocycles. The first-order chi connectivity index (χ1) is 14.2. The maximum absolute atomic E-state index is 13.0. The Bertz CT molecular complexity index is 920. The smallest absolute Gasteiger partial charge is 0.253 e. The Morgan fingerprint density at radius 3 is 2.41 bits per heavy atom. The minimum atomic E-state index is -0.141. The van der Waals surface area contributed by atoms with Gasteiger partial charge in [0.1, 0.15) is 0 Å². The van der Waals surface area contributed by atoms with Gasteiger partial charge in [0.05, 0.1) is 17.7 Å². The van der Waals surface area contributed by atoms with E-state index in [1.807, 2.05) is 52.3 Å². The molecule has 2 aliphatic heterocycles. The largest absolute Gasteiger partial charge is 0.337 e. The zero-order valence-electron chi connectivity index (χ0n) is 16.3. The van der Waals surface area contributed by atoms with Crippen LogP contribution in [0.1, 0.15) is 28.8 Å². The van der Waals surface area contributed by atoms with Gasteiger partial charge in [0.25, 0.3) is 5.91 Å². The van der Waals surface area contributed by atoms with E-state index < -0.39 is 0 Å². The van der Waals surface area contributed by atoms with Crippen molar-refractivity contribution in [1.82, 2.24) is 9.80 Å². The van der Waals surface area contributed by atoms with E-state index >= 15 is 0 Å². The standard InChI is InChI=1S/C23H24N4O2/c24-17-18-7-9-20(10-8-18)27-14-11-21(23(27)29)25-12-4-13-26(16-15-25)22(28)19-5-2-1-3-6-19/h1-3,5-10,21H,4,11-16H2. The van der Waals surface area contributed by atoms with Gasteiger partial charge in [-0.2, -0.15) is 5.26 Å². The van der Waals surface area contributed by atoms with Gasteiger partial charge in [-0.05, 0) is 49.2 Å². The fourth-order valence-electron chi connectivity index (χ4n) is 4.19. The number of nitrogens with zero attached hydrogens (tertiary/aromatic N) is 4. The van der Waals surface area contributed by atoms with E-state index in [4.69, 9.17) is 5.26 Å². The third kappa shape index (κ3) is 4.01. The molecule has 6 heteroatoms. The maximum Gasteiger partial charge on any atom is 0.253 e. The lowest BCUT2D eigenvalue weighted by molar-refractivity contribution is -0.121. The zero-order chi connectivity index (χ0) is 20.2. The van der Waals surface area contributed by atoms with Crippen molar-refractivity contribution in [2.45, 2.75) is 18.9 Å². The van der Waals surface area contributed by atoms with Gasteiger partial charge in [-0.3, -0.25) is 14.5 Å². The highest BCUT2D eigenvalue weighted by Crippen LogP contribution is 2.25. The Labute approximate surface area is 170 Å². The molecule has 2 aromatic rings. The molecule has 0 N–H and O–H groups in total. The summed E-state index contributed by atoms with van der Waals surface area (Å²) in [5.74, 6) is 0.168. The Kier molecular flexibility index (Phi) is 5.59. The Balaban J connectivity index is 1.40. The van der Waals surface area contributed by atoms with Crippen molar-refractivity contribution in [1.29, 1.82) is 5.26 Å². The first-order valence-electron chi connectivity index (χ1n) is 10.1. The minimum absolute atomic E-state index is 0.0596. The summed E-state index contributed by atoms with van der Waals surface area (Å²) in [6, 6.07) is 18.5. The third-order valence-electron chi connectivity index (χ3n) is 5.76. The number of hydrogen-bond acceptors (Lipinski definition) is 4. The topological polar surface area (TPSA) is 67.7 Å². The van der Waals surface area contributed by atoms with Crippen LogP contribution in [0.25, 0.3) is 0 Å². The van der Waals surface area contributed by atoms with Gasteiger partial charge in [-0.25, -0.2) is 0 Å². The van der Waals surface area contributed by atoms with Gasteiger partial charge in [-0.15, -0.1) is 0 Å². The van der Waals surface area contributed by atoms with Crippen LogP contribution in [0, 0.1) is 11.3 Å². The highest BCUT2D eigenvalue weighted by Gasteiger charge is 2.37. The highest BCUT2D eigenvalue weighted by atomic mass is 16.2. The fraction of sp³-hybridized carbons (Fsp3) is 0.348. The molecule has 2 fully saturated rings. The van der Waals surface area contributed by atoms with Crippen LogP contribution >= 0.6 is 0 Å². The molecule has 2 aliphatic rings. The molecular formula is C23H24N4O2. The average molecular weight is 388 g/mol. The summed E-state index contributed by atoms with van der Waals surface area (Å²) in [6.45, 7) is 3.55. The molecule has 2 aromatic carbocycles. The van der Waals surface area contributed by atoms with E-state index in [1.54, 1.807) is 12.1 Å². The Morgan fingerprint density at radius 1 is 0.931 bits per heavy atom. The number of amides is 2. The van der Waals surface area contributed by atoms with Gasteiger partial charge < -0.3 is 9.80 Å². The van der Waals surface area contributed by atoms with E-state index in [0.717, 1.165) is 25.1 Å². The van der Waals surface area contributed by atoms with Crippen LogP contribution in [0.4, 0.5) is 5.69 Å². The molecule has 4 rings (SSSR count). The van der Waals surface area contributed by atoms with E-state index in [-0.39, 0.29) is 17.9 Å². The van der Waals surface area contributed by atoms with Crippen LogP contribution in [-0.2, 0) is 4.79 Å². The monoisotopic (exact) mass is 388 g/mol. The van der Waals surface area contributed by atoms with Gasteiger partial charge in [-0.1, -0.05) is 18.2 Å². The van der Waals surface area contributed by atoms with Crippen LogP contribution < -0.4 is 4.90 Å². The number of hydrogen-bond donors (Lipinski definition) is 0. The van der Waals surface area contributed by atoms with Crippen molar-refractivity contribution < 1.29 is 9.59 Å². The number of anilines is 1. The van der Waals surface area contributed by atoms with Gasteiger partial charge in [0.2, 0.25) is 5.91 Å². The molecule has 148 valence electrons. The van der Waals surface area contributed by atoms with Crippen molar-refractivity contribution in [2.75, 3.05) is 37.6 Å². The molecule has 0 bridgehead atoms. The third-order valence-corrected chi connectivity index (χ3v) is 5.76. The molecule has 2 amide bonds. The lowest BCUT2D eigenvalue weighted by atomic mass is 10.2. The van der Waals surface area contributed by atoms with E-state index in [0.29, 0.717) is 37.3 Å². The van der Waals surface area contributed by atoms with E-state index in [9.17, 15) is 9.59 Å². The quantitative estimate of drug-likeness (QED) is 0.810. The SMILES string of the molecule is N#Cc1ccc(N2CCC(N3CCCN(C(=O)c4ccccc4)CC3)C2=O)cc1. The number of benzene rings is 2. The Morgan fingerprint density at radius 2 is 1.69 bits per heavy atom. The van der Waals surface area contributed by atoms with Crippen LogP contribution in [0.5, 0.6) is 0 Å². The summed E-state index contributed by atoms with van der Waals surface area (Å²) in [7, 11) is 0. The first kappa shape index (κ1) is 19.2. The Hall–Kier alpha value is -3.17. The molecular weight excluding hydrogens is 364 g/mol. The molecule has 6 nitrogen and oxygen atoms in total. The van der Waals surface area contributed by atoms with Gasteiger partial charge >= 0.3 is 0 Å². The molecule has 0 saturated carbocycles. The lowest BCUT2D eigenvalue weighted by Crippen LogP contribution is -2.44. The van der Waals surface area contributed by atoms with Crippen LogP contribution in [0.2, 0.25) is 0 Å². The molecule has 2 heterocycles. The highest BCUT2D eigenvalue weighted by molar-refractivity contribution is 5.99. The van der Waals surface area contributed by atoms with Crippen LogP contribution in [-0.4, -0.2) is 60.4 Å². The number of nitriles is 1. The minimum Gasteiger partial charge on any atom is -0.337 e. The first-order valence-corrected chi connectivity index (χ1v) is 10.1. The molecule has 1 unspecified atom stereocenters. The lowest BCUT2D eigenvalue weighted by Gasteiger charge is -2.26. The van der Waals surface area contributed by atoms with E-state index in [1.165, 1.54) is 0 Å². The average Bonchev–Trinajstić information content (AvgIpc) is 2.99. The maximum atomic E-state index is 13.0. The summed E-state index contributed by atoms with van der Waals surface area (Å²) in [5.41, 5.74) is 2.14. The van der Waals surface area contributed by atoms with Gasteiger partial charge in [0.15, 0.2) is 0 Å². The van der Waals surface area contributed by atoms with Crippen molar-refractivity contribution >= 4 is 17.5 Å². The molecule has 0 aromatic heterocycles. The second-order valence-corrected chi connectivity index (χ2v) is 7.50. The molecule has 1 atom stereocenters. The van der Waals surface area contributed by atoms with Crippen molar-refractivity contribution in [3.63, 3.8) is 0 Å². The van der Waals surface area contributed by atoms with Crippen molar-refractivity contribution in [2.24, 2.45) is 0 Å². The molecule has 0 aliphatic carbocycles. The molecule has 0 spiro atoms. The summed E-state index contributed by atoms with van der Waals surface area (Å²) in [6.07, 6.45) is 1.64. The second kappa shape index (κ2) is 8.46. The normalized spacial score (nSPS) is 20.4. The predicted octanol–water partition coefficient (Wildman–Crippen LogP) is 2.51. The number of carbonyl (C=O) groups is 2. The van der Waals surface area contributed by atoms with Crippen LogP contribution in [0.3, 0.4) is 0 Å². The fourth-order valence-corrected chi connectivity index (χ4v) is 4.19. The molecule has 0 radical (unpaired) electrons. The zero-order valence-corrected chi connectivity index (χ0v) is 16.3. The number of carbonyl (C=O) groups excluding carboxylic acids is 2. The second-order valence-electron chi connectivity index (χ2n) is 7.50. The molecule has 29 heavy (non-hydrogen) atoms. The van der Waals surface area contributed by atoms with Crippen LogP contribution in [0.15, 0.2) is 54.6 Å². The summed E-state index contributed by atoms with van der Waals surface area (Å²) >= 11 is 0. The van der Waals surface area contributed by atoms with Crippen molar-refractivity contribution in [3.8, 4) is 6.07 Å². The number of rotatable bonds is 3. The van der Waals surface area contributed by atoms with Gasteiger partial charge in [0, 0.05) is 44.0 Å². The predicted molar refractivity (Wildman–Crippen MR) is 110 cm³/mol. The van der Waals surface area contributed by atoms with Crippen molar-refractivity contribution in [3.05, 3.63) is 65.7 Å².